The Morgan fingerprint density at radius 3 is 2.52 bits per heavy atom. The van der Waals surface area contributed by atoms with Gasteiger partial charge in [0.1, 0.15) is 24.0 Å². The van der Waals surface area contributed by atoms with Crippen LogP contribution in [-0.2, 0) is 10.2 Å². The first kappa shape index (κ1) is 21.2. The lowest BCUT2D eigenvalue weighted by Crippen LogP contribution is -2.44. The molecule has 1 heterocycles. The number of ether oxygens (including phenoxy) is 1. The third-order valence-electron chi connectivity index (χ3n) is 4.96. The van der Waals surface area contributed by atoms with Gasteiger partial charge >= 0.3 is 6.03 Å². The number of urea groups is 1. The molecule has 2 unspecified atom stereocenters. The molecule has 6 nitrogen and oxygen atoms in total. The van der Waals surface area contributed by atoms with E-state index in [1.54, 1.807) is 6.92 Å². The van der Waals surface area contributed by atoms with Gasteiger partial charge in [-0.15, -0.1) is 0 Å². The number of aliphatic hydroxyl groups is 1. The molecular formula is C21H32N2O4. The third kappa shape index (κ3) is 4.80. The first-order valence-electron chi connectivity index (χ1n) is 9.54. The number of aliphatic hydroxyl groups excluding tert-OH is 1. The summed E-state index contributed by atoms with van der Waals surface area (Å²) >= 11 is 0. The number of aryl methyl sites for hydroxylation is 1. The van der Waals surface area contributed by atoms with Gasteiger partial charge in [0.25, 0.3) is 5.91 Å². The first-order valence-corrected chi connectivity index (χ1v) is 9.54. The van der Waals surface area contributed by atoms with Crippen molar-refractivity contribution >= 4 is 11.9 Å². The average Bonchev–Trinajstić information content (AvgIpc) is 2.76. The van der Waals surface area contributed by atoms with Crippen LogP contribution in [0.15, 0.2) is 18.2 Å². The summed E-state index contributed by atoms with van der Waals surface area (Å²) in [5.74, 6) is 0.397. The number of hydrogen-bond acceptors (Lipinski definition) is 4. The van der Waals surface area contributed by atoms with Crippen LogP contribution in [0, 0.1) is 6.92 Å². The van der Waals surface area contributed by atoms with Gasteiger partial charge in [-0.3, -0.25) is 9.69 Å². The largest absolute Gasteiger partial charge is 0.491 e. The van der Waals surface area contributed by atoms with Crippen LogP contribution in [0.4, 0.5) is 4.79 Å². The predicted molar refractivity (Wildman–Crippen MR) is 105 cm³/mol. The van der Waals surface area contributed by atoms with Gasteiger partial charge in [0.2, 0.25) is 0 Å². The molecule has 2 atom stereocenters. The van der Waals surface area contributed by atoms with Crippen LogP contribution in [0.1, 0.15) is 58.6 Å². The van der Waals surface area contributed by atoms with Gasteiger partial charge in [-0.05, 0) is 42.9 Å². The molecule has 2 N–H and O–H groups in total. The van der Waals surface area contributed by atoms with Gasteiger partial charge < -0.3 is 15.2 Å². The Morgan fingerprint density at radius 2 is 1.96 bits per heavy atom. The minimum atomic E-state index is -0.953. The lowest BCUT2D eigenvalue weighted by atomic mass is 9.86. The summed E-state index contributed by atoms with van der Waals surface area (Å²) in [6, 6.07) is 5.53. The second-order valence-electron chi connectivity index (χ2n) is 8.62. The second-order valence-corrected chi connectivity index (χ2v) is 8.62. The highest BCUT2D eigenvalue weighted by molar-refractivity contribution is 6.06. The van der Waals surface area contributed by atoms with E-state index in [0.29, 0.717) is 12.2 Å². The summed E-state index contributed by atoms with van der Waals surface area (Å²) in [4.78, 5) is 25.7. The maximum atomic E-state index is 12.5. The summed E-state index contributed by atoms with van der Waals surface area (Å²) in [5, 5.41) is 13.0. The Balaban J connectivity index is 1.96. The van der Waals surface area contributed by atoms with E-state index in [1.807, 2.05) is 26.0 Å². The molecule has 150 valence electrons. The van der Waals surface area contributed by atoms with Crippen molar-refractivity contribution < 1.29 is 19.4 Å². The van der Waals surface area contributed by atoms with Crippen molar-refractivity contribution in [2.45, 2.75) is 71.4 Å². The normalized spacial score (nSPS) is 21.4. The van der Waals surface area contributed by atoms with E-state index in [2.05, 4.69) is 32.2 Å². The average molecular weight is 376 g/mol. The molecule has 27 heavy (non-hydrogen) atoms. The highest BCUT2D eigenvalue weighted by Crippen LogP contribution is 2.28. The van der Waals surface area contributed by atoms with Crippen molar-refractivity contribution in [1.29, 1.82) is 0 Å². The number of imide groups is 1. The quantitative estimate of drug-likeness (QED) is 0.717. The SMILES string of the molecule is CCCC1(C)NC(=O)N(CC(O)COc2ccc(C(C)(C)C)cc2C)C1=O. The lowest BCUT2D eigenvalue weighted by Gasteiger charge is -2.23. The Labute approximate surface area is 161 Å². The molecule has 1 saturated heterocycles. The van der Waals surface area contributed by atoms with Crippen molar-refractivity contribution in [3.63, 3.8) is 0 Å². The number of rotatable bonds is 7. The molecule has 0 bridgehead atoms. The number of amides is 3. The molecule has 0 radical (unpaired) electrons. The van der Waals surface area contributed by atoms with Crippen LogP contribution in [0.3, 0.4) is 0 Å². The third-order valence-corrected chi connectivity index (χ3v) is 4.96. The summed E-state index contributed by atoms with van der Waals surface area (Å²) in [6.07, 6.45) is 0.400. The van der Waals surface area contributed by atoms with Crippen molar-refractivity contribution in [3.8, 4) is 5.75 Å². The highest BCUT2D eigenvalue weighted by atomic mass is 16.5. The van der Waals surface area contributed by atoms with E-state index in [-0.39, 0.29) is 24.5 Å². The minimum absolute atomic E-state index is 0.0112. The number of benzene rings is 1. The molecule has 1 fully saturated rings. The molecule has 1 aromatic carbocycles. The van der Waals surface area contributed by atoms with E-state index in [1.165, 1.54) is 5.56 Å². The van der Waals surface area contributed by atoms with E-state index in [0.717, 1.165) is 16.9 Å². The Kier molecular flexibility index (Phi) is 6.20. The van der Waals surface area contributed by atoms with Gasteiger partial charge in [-0.1, -0.05) is 46.2 Å². The maximum Gasteiger partial charge on any atom is 0.325 e. The molecule has 1 aromatic rings. The van der Waals surface area contributed by atoms with Gasteiger partial charge in [0.05, 0.1) is 6.54 Å². The fraction of sp³-hybridized carbons (Fsp3) is 0.619. The number of hydrogen-bond donors (Lipinski definition) is 2. The van der Waals surface area contributed by atoms with Crippen LogP contribution in [-0.4, -0.2) is 46.7 Å². The van der Waals surface area contributed by atoms with E-state index in [4.69, 9.17) is 4.74 Å². The molecule has 2 rings (SSSR count). The standard InChI is InChI=1S/C21H32N2O4/c1-7-10-21(6)18(25)23(19(26)22-21)12-16(24)13-27-17-9-8-15(11-14(17)2)20(3,4)5/h8-9,11,16,24H,7,10,12-13H2,1-6H3,(H,22,26). The van der Waals surface area contributed by atoms with Crippen LogP contribution < -0.4 is 10.1 Å². The summed E-state index contributed by atoms with van der Waals surface area (Å²) < 4.78 is 5.73. The monoisotopic (exact) mass is 376 g/mol. The zero-order valence-corrected chi connectivity index (χ0v) is 17.3. The van der Waals surface area contributed by atoms with Gasteiger partial charge in [0.15, 0.2) is 0 Å². The number of β-amino-alcohol motifs (C(OH)–C–C–N with tert-alkyl or cyclic N) is 1. The van der Waals surface area contributed by atoms with E-state index in [9.17, 15) is 14.7 Å². The molecule has 0 aromatic heterocycles. The molecule has 0 spiro atoms. The van der Waals surface area contributed by atoms with Crippen LogP contribution in [0.25, 0.3) is 0 Å². The molecule has 1 aliphatic rings. The summed E-state index contributed by atoms with van der Waals surface area (Å²) in [6.45, 7) is 12.0. The van der Waals surface area contributed by atoms with Crippen molar-refractivity contribution in [2.75, 3.05) is 13.2 Å². The van der Waals surface area contributed by atoms with Crippen molar-refractivity contribution in [1.82, 2.24) is 10.2 Å². The van der Waals surface area contributed by atoms with E-state index >= 15 is 0 Å². The Hall–Kier alpha value is -2.08. The first-order chi connectivity index (χ1) is 12.5. The molecular weight excluding hydrogens is 344 g/mol. The number of nitrogens with zero attached hydrogens (tertiary/aromatic N) is 1. The minimum Gasteiger partial charge on any atom is -0.491 e. The number of carbonyl (C=O) groups is 2. The highest BCUT2D eigenvalue weighted by Gasteiger charge is 2.47. The van der Waals surface area contributed by atoms with E-state index < -0.39 is 17.7 Å². The second kappa shape index (κ2) is 7.89. The molecule has 0 aliphatic carbocycles. The van der Waals surface area contributed by atoms with Crippen molar-refractivity contribution in [3.05, 3.63) is 29.3 Å². The summed E-state index contributed by atoms with van der Waals surface area (Å²) in [7, 11) is 0. The lowest BCUT2D eigenvalue weighted by molar-refractivity contribution is -0.132. The summed E-state index contributed by atoms with van der Waals surface area (Å²) in [5.41, 5.74) is 1.37. The smallest absolute Gasteiger partial charge is 0.325 e. The number of nitrogens with one attached hydrogen (secondary N) is 1. The molecule has 3 amide bonds. The van der Waals surface area contributed by atoms with Crippen LogP contribution >= 0.6 is 0 Å². The zero-order valence-electron chi connectivity index (χ0n) is 17.3. The molecule has 0 saturated carbocycles. The van der Waals surface area contributed by atoms with Crippen LogP contribution in [0.5, 0.6) is 5.75 Å². The Morgan fingerprint density at radius 1 is 1.30 bits per heavy atom. The number of carbonyl (C=O) groups excluding carboxylic acids is 2. The predicted octanol–water partition coefficient (Wildman–Crippen LogP) is 3.14. The molecule has 6 heteroatoms. The van der Waals surface area contributed by atoms with Crippen molar-refractivity contribution in [2.24, 2.45) is 0 Å². The Bertz CT molecular complexity index is 711. The fourth-order valence-electron chi connectivity index (χ4n) is 3.31. The maximum absolute atomic E-state index is 12.5. The molecule has 1 aliphatic heterocycles. The topological polar surface area (TPSA) is 78.9 Å². The zero-order chi connectivity index (χ0) is 20.4. The van der Waals surface area contributed by atoms with Gasteiger partial charge in [0, 0.05) is 0 Å². The van der Waals surface area contributed by atoms with Crippen LogP contribution in [0.2, 0.25) is 0 Å². The fourth-order valence-corrected chi connectivity index (χ4v) is 3.31. The van der Waals surface area contributed by atoms with Gasteiger partial charge in [-0.2, -0.15) is 0 Å². The van der Waals surface area contributed by atoms with Gasteiger partial charge in [-0.25, -0.2) is 4.79 Å².